The topological polar surface area (TPSA) is 32.3 Å². The van der Waals surface area contributed by atoms with Crippen molar-refractivity contribution in [1.29, 1.82) is 0 Å². The van der Waals surface area contributed by atoms with Gasteiger partial charge in [-0.25, -0.2) is 0 Å². The van der Waals surface area contributed by atoms with Crippen molar-refractivity contribution in [3.8, 4) is 0 Å². The van der Waals surface area contributed by atoms with E-state index in [-0.39, 0.29) is 11.9 Å². The van der Waals surface area contributed by atoms with Crippen molar-refractivity contribution in [3.05, 3.63) is 29.8 Å². The van der Waals surface area contributed by atoms with E-state index in [1.807, 2.05) is 12.1 Å². The van der Waals surface area contributed by atoms with Gasteiger partial charge in [-0.1, -0.05) is 37.5 Å². The van der Waals surface area contributed by atoms with Crippen LogP contribution in [0.1, 0.15) is 44.6 Å². The predicted octanol–water partition coefficient (Wildman–Crippen LogP) is 3.20. The number of fused-ring (bicyclic) bond motifs is 1. The highest BCUT2D eigenvalue weighted by Crippen LogP contribution is 2.28. The number of anilines is 1. The summed E-state index contributed by atoms with van der Waals surface area (Å²) < 4.78 is 0. The monoisotopic (exact) mass is 272 g/mol. The Morgan fingerprint density at radius 1 is 1.25 bits per heavy atom. The molecule has 0 saturated heterocycles. The van der Waals surface area contributed by atoms with Gasteiger partial charge in [0.1, 0.15) is 6.04 Å². The first-order valence-electron chi connectivity index (χ1n) is 7.94. The quantitative estimate of drug-likeness (QED) is 0.916. The van der Waals surface area contributed by atoms with Gasteiger partial charge in [0.15, 0.2) is 0 Å². The summed E-state index contributed by atoms with van der Waals surface area (Å²) in [6.07, 6.45) is 7.06. The zero-order valence-electron chi connectivity index (χ0n) is 12.3. The lowest BCUT2D eigenvalue weighted by atomic mass is 9.93. The molecule has 1 saturated carbocycles. The van der Waals surface area contributed by atoms with E-state index in [1.165, 1.54) is 37.7 Å². The molecule has 1 amide bonds. The average Bonchev–Trinajstić information content (AvgIpc) is 2.93. The second-order valence-electron chi connectivity index (χ2n) is 5.97. The summed E-state index contributed by atoms with van der Waals surface area (Å²) in [5, 5.41) is 3.40. The van der Waals surface area contributed by atoms with Crippen LogP contribution in [-0.4, -0.2) is 29.4 Å². The first kappa shape index (κ1) is 13.5. The van der Waals surface area contributed by atoms with Gasteiger partial charge in [0.25, 0.3) is 0 Å². The van der Waals surface area contributed by atoms with Crippen LogP contribution in [-0.2, 0) is 11.2 Å². The minimum Gasteiger partial charge on any atom is -0.373 e. The van der Waals surface area contributed by atoms with E-state index in [0.29, 0.717) is 6.04 Å². The van der Waals surface area contributed by atoms with Crippen molar-refractivity contribution in [1.82, 2.24) is 4.90 Å². The molecular weight excluding hydrogens is 248 g/mol. The van der Waals surface area contributed by atoms with Crippen LogP contribution in [0, 0.1) is 0 Å². The van der Waals surface area contributed by atoms with Gasteiger partial charge in [0.2, 0.25) is 5.91 Å². The molecule has 1 aliphatic carbocycles. The number of carbonyl (C=O) groups excluding carboxylic acids is 1. The summed E-state index contributed by atoms with van der Waals surface area (Å²) >= 11 is 0. The van der Waals surface area contributed by atoms with Crippen LogP contribution >= 0.6 is 0 Å². The maximum Gasteiger partial charge on any atom is 0.245 e. The molecule has 0 spiro atoms. The summed E-state index contributed by atoms with van der Waals surface area (Å²) in [6.45, 7) is 2.94. The van der Waals surface area contributed by atoms with E-state index in [1.54, 1.807) is 0 Å². The zero-order valence-corrected chi connectivity index (χ0v) is 12.3. The fourth-order valence-electron chi connectivity index (χ4n) is 3.63. The number of amides is 1. The van der Waals surface area contributed by atoms with Crippen LogP contribution in [0.25, 0.3) is 0 Å². The van der Waals surface area contributed by atoms with Crippen LogP contribution in [0.2, 0.25) is 0 Å². The number of hydrogen-bond acceptors (Lipinski definition) is 2. The number of carbonyl (C=O) groups is 1. The van der Waals surface area contributed by atoms with E-state index in [4.69, 9.17) is 0 Å². The van der Waals surface area contributed by atoms with E-state index >= 15 is 0 Å². The molecule has 1 aromatic carbocycles. The Labute approximate surface area is 121 Å². The lowest BCUT2D eigenvalue weighted by Crippen LogP contribution is -2.48. The maximum atomic E-state index is 12.8. The standard InChI is InChI=1S/C17H24N2O/c1-2-19(14-9-4-3-5-10-14)17(20)16-12-13-8-6-7-11-15(13)18-16/h6-8,11,14,16,18H,2-5,9-10,12H2,1H3/t16-/m0/s1. The van der Waals surface area contributed by atoms with Crippen LogP contribution in [0.3, 0.4) is 0 Å². The Hall–Kier alpha value is -1.51. The molecule has 0 aromatic heterocycles. The fraction of sp³-hybridized carbons (Fsp3) is 0.588. The summed E-state index contributed by atoms with van der Waals surface area (Å²) in [5.41, 5.74) is 2.40. The van der Waals surface area contributed by atoms with E-state index in [0.717, 1.165) is 18.7 Å². The average molecular weight is 272 g/mol. The third-order valence-corrected chi connectivity index (χ3v) is 4.71. The lowest BCUT2D eigenvalue weighted by Gasteiger charge is -2.35. The van der Waals surface area contributed by atoms with Gasteiger partial charge in [-0.05, 0) is 31.4 Å². The van der Waals surface area contributed by atoms with Crippen LogP contribution in [0.4, 0.5) is 5.69 Å². The highest BCUT2D eigenvalue weighted by Gasteiger charge is 2.32. The molecule has 1 aromatic rings. The number of hydrogen-bond donors (Lipinski definition) is 1. The largest absolute Gasteiger partial charge is 0.373 e. The normalized spacial score (nSPS) is 22.1. The summed E-state index contributed by atoms with van der Waals surface area (Å²) in [4.78, 5) is 14.9. The molecule has 1 fully saturated rings. The second kappa shape index (κ2) is 5.86. The van der Waals surface area contributed by atoms with Crippen molar-refractivity contribution < 1.29 is 4.79 Å². The number of para-hydroxylation sites is 1. The number of rotatable bonds is 3. The molecule has 2 aliphatic rings. The SMILES string of the molecule is CCN(C(=O)[C@@H]1Cc2ccccc2N1)C1CCCCC1. The van der Waals surface area contributed by atoms with Crippen molar-refractivity contribution in [2.75, 3.05) is 11.9 Å². The Morgan fingerprint density at radius 2 is 2.00 bits per heavy atom. The molecule has 108 valence electrons. The molecule has 0 radical (unpaired) electrons. The van der Waals surface area contributed by atoms with Crippen LogP contribution in [0.5, 0.6) is 0 Å². The van der Waals surface area contributed by atoms with Gasteiger partial charge in [-0.3, -0.25) is 4.79 Å². The fourth-order valence-corrected chi connectivity index (χ4v) is 3.63. The highest BCUT2D eigenvalue weighted by molar-refractivity contribution is 5.87. The molecular formula is C17H24N2O. The van der Waals surface area contributed by atoms with Gasteiger partial charge in [0.05, 0.1) is 0 Å². The molecule has 3 heteroatoms. The number of likely N-dealkylation sites (N-methyl/N-ethyl adjacent to an activating group) is 1. The second-order valence-corrected chi connectivity index (χ2v) is 5.97. The minimum absolute atomic E-state index is 0.0609. The van der Waals surface area contributed by atoms with Crippen molar-refractivity contribution >= 4 is 11.6 Å². The molecule has 1 N–H and O–H groups in total. The van der Waals surface area contributed by atoms with Gasteiger partial charge < -0.3 is 10.2 Å². The zero-order chi connectivity index (χ0) is 13.9. The summed E-state index contributed by atoms with van der Waals surface area (Å²) in [6, 6.07) is 8.66. The molecule has 0 unspecified atom stereocenters. The molecule has 1 atom stereocenters. The molecule has 3 nitrogen and oxygen atoms in total. The maximum absolute atomic E-state index is 12.8. The van der Waals surface area contributed by atoms with Crippen molar-refractivity contribution in [2.45, 2.75) is 57.5 Å². The molecule has 0 bridgehead atoms. The van der Waals surface area contributed by atoms with Gasteiger partial charge in [-0.15, -0.1) is 0 Å². The van der Waals surface area contributed by atoms with Gasteiger partial charge in [0, 0.05) is 24.7 Å². The van der Waals surface area contributed by atoms with E-state index < -0.39 is 0 Å². The smallest absolute Gasteiger partial charge is 0.245 e. The molecule has 1 heterocycles. The Bertz CT molecular complexity index is 455. The number of benzene rings is 1. The third-order valence-electron chi connectivity index (χ3n) is 4.71. The van der Waals surface area contributed by atoms with Gasteiger partial charge >= 0.3 is 0 Å². The van der Waals surface area contributed by atoms with Gasteiger partial charge in [-0.2, -0.15) is 0 Å². The summed E-state index contributed by atoms with van der Waals surface area (Å²) in [7, 11) is 0. The minimum atomic E-state index is -0.0609. The molecule has 3 rings (SSSR count). The number of nitrogens with one attached hydrogen (secondary N) is 1. The van der Waals surface area contributed by atoms with Crippen molar-refractivity contribution in [2.24, 2.45) is 0 Å². The summed E-state index contributed by atoms with van der Waals surface area (Å²) in [5.74, 6) is 0.288. The Morgan fingerprint density at radius 3 is 2.70 bits per heavy atom. The first-order valence-corrected chi connectivity index (χ1v) is 7.94. The van der Waals surface area contributed by atoms with E-state index in [9.17, 15) is 4.79 Å². The van der Waals surface area contributed by atoms with Crippen molar-refractivity contribution in [3.63, 3.8) is 0 Å². The third kappa shape index (κ3) is 2.54. The lowest BCUT2D eigenvalue weighted by molar-refractivity contribution is -0.134. The predicted molar refractivity (Wildman–Crippen MR) is 81.8 cm³/mol. The Kier molecular flexibility index (Phi) is 3.95. The molecule has 1 aliphatic heterocycles. The van der Waals surface area contributed by atoms with Crippen LogP contribution < -0.4 is 5.32 Å². The van der Waals surface area contributed by atoms with Crippen LogP contribution in [0.15, 0.2) is 24.3 Å². The first-order chi connectivity index (χ1) is 9.79. The Balaban J connectivity index is 1.69. The molecule has 20 heavy (non-hydrogen) atoms. The number of nitrogens with zero attached hydrogens (tertiary/aromatic N) is 1. The highest BCUT2D eigenvalue weighted by atomic mass is 16.2. The van der Waals surface area contributed by atoms with E-state index in [2.05, 4.69) is 29.3 Å².